The van der Waals surface area contributed by atoms with Gasteiger partial charge in [-0.05, 0) is 48.2 Å². The quantitative estimate of drug-likeness (QED) is 0.587. The highest BCUT2D eigenvalue weighted by molar-refractivity contribution is 7.86. The molecule has 152 valence electrons. The Kier molecular flexibility index (Phi) is 7.57. The van der Waals surface area contributed by atoms with E-state index in [9.17, 15) is 17.6 Å². The molecule has 0 fully saturated rings. The maximum absolute atomic E-state index is 13.2. The van der Waals surface area contributed by atoms with E-state index < -0.39 is 10.1 Å². The lowest BCUT2D eigenvalue weighted by molar-refractivity contribution is -0.137. The highest BCUT2D eigenvalue weighted by atomic mass is 32.2. The van der Waals surface area contributed by atoms with Crippen molar-refractivity contribution < 1.29 is 21.8 Å². The zero-order valence-corrected chi connectivity index (χ0v) is 17.2. The van der Waals surface area contributed by atoms with Crippen LogP contribution in [0.4, 0.5) is 4.39 Å². The number of hydrogen-bond acceptors (Lipinski definition) is 4. The van der Waals surface area contributed by atoms with Crippen LogP contribution in [0, 0.1) is 11.7 Å². The highest BCUT2D eigenvalue weighted by Crippen LogP contribution is 2.20. The fourth-order valence-electron chi connectivity index (χ4n) is 2.96. The molecule has 0 saturated carbocycles. The van der Waals surface area contributed by atoms with Gasteiger partial charge in [0.25, 0.3) is 0 Å². The Balaban J connectivity index is 2.20. The van der Waals surface area contributed by atoms with Gasteiger partial charge in [0.15, 0.2) is 0 Å². The predicted octanol–water partition coefficient (Wildman–Crippen LogP) is 4.13. The minimum Gasteiger partial charge on any atom is -0.383 e. The normalized spacial score (nSPS) is 11.5. The van der Waals surface area contributed by atoms with E-state index in [0.29, 0.717) is 13.1 Å². The van der Waals surface area contributed by atoms with Gasteiger partial charge in [0.05, 0.1) is 6.26 Å². The molecule has 1 amide bonds. The average molecular weight is 408 g/mol. The molecular weight excluding hydrogens is 381 g/mol. The summed E-state index contributed by atoms with van der Waals surface area (Å²) in [4.78, 5) is 14.7. The Hall–Kier alpha value is -2.41. The lowest BCUT2D eigenvalue weighted by Gasteiger charge is -2.27. The standard InChI is InChI=1S/C21H26FNO4S/c1-4-18(5-2)21(24)23(14-16-6-10-19(22)11-7-16)15-17-8-12-20(13-9-17)27-28(3,25)26/h6-13,18H,4-5,14-15H2,1-3H3. The molecule has 2 rings (SSSR count). The van der Waals surface area contributed by atoms with E-state index in [4.69, 9.17) is 4.18 Å². The van der Waals surface area contributed by atoms with E-state index in [1.54, 1.807) is 41.3 Å². The summed E-state index contributed by atoms with van der Waals surface area (Å²) in [5.74, 6) is -0.121. The number of rotatable bonds is 9. The minimum atomic E-state index is -3.58. The highest BCUT2D eigenvalue weighted by Gasteiger charge is 2.22. The van der Waals surface area contributed by atoms with E-state index in [1.165, 1.54) is 12.1 Å². The van der Waals surface area contributed by atoms with Gasteiger partial charge in [0.2, 0.25) is 5.91 Å². The van der Waals surface area contributed by atoms with Crippen molar-refractivity contribution in [3.8, 4) is 5.75 Å². The van der Waals surface area contributed by atoms with Crippen molar-refractivity contribution in [1.82, 2.24) is 4.90 Å². The first-order valence-electron chi connectivity index (χ1n) is 9.23. The third-order valence-electron chi connectivity index (χ3n) is 4.48. The van der Waals surface area contributed by atoms with Crippen molar-refractivity contribution >= 4 is 16.0 Å². The van der Waals surface area contributed by atoms with E-state index in [0.717, 1.165) is 30.2 Å². The van der Waals surface area contributed by atoms with Gasteiger partial charge in [-0.2, -0.15) is 8.42 Å². The number of amides is 1. The van der Waals surface area contributed by atoms with Crippen LogP contribution in [0.25, 0.3) is 0 Å². The van der Waals surface area contributed by atoms with Gasteiger partial charge in [0.1, 0.15) is 11.6 Å². The molecule has 0 bridgehead atoms. The van der Waals surface area contributed by atoms with Crippen LogP contribution in [-0.4, -0.2) is 25.5 Å². The lowest BCUT2D eigenvalue weighted by atomic mass is 10.0. The predicted molar refractivity (Wildman–Crippen MR) is 107 cm³/mol. The molecule has 0 aliphatic rings. The number of benzene rings is 2. The lowest BCUT2D eigenvalue weighted by Crippen LogP contribution is -2.35. The summed E-state index contributed by atoms with van der Waals surface area (Å²) >= 11 is 0. The van der Waals surface area contributed by atoms with Gasteiger partial charge < -0.3 is 9.08 Å². The summed E-state index contributed by atoms with van der Waals surface area (Å²) in [6, 6.07) is 12.7. The van der Waals surface area contributed by atoms with E-state index in [2.05, 4.69) is 0 Å². The van der Waals surface area contributed by atoms with E-state index in [-0.39, 0.29) is 23.4 Å². The van der Waals surface area contributed by atoms with Gasteiger partial charge >= 0.3 is 10.1 Å². The summed E-state index contributed by atoms with van der Waals surface area (Å²) in [5, 5.41) is 0. The summed E-state index contributed by atoms with van der Waals surface area (Å²) in [5.41, 5.74) is 1.69. The zero-order chi connectivity index (χ0) is 20.7. The summed E-state index contributed by atoms with van der Waals surface area (Å²) < 4.78 is 40.5. The van der Waals surface area contributed by atoms with Crippen molar-refractivity contribution in [1.29, 1.82) is 0 Å². The molecule has 28 heavy (non-hydrogen) atoms. The van der Waals surface area contributed by atoms with Gasteiger partial charge in [-0.1, -0.05) is 38.1 Å². The number of nitrogens with zero attached hydrogens (tertiary/aromatic N) is 1. The fraction of sp³-hybridized carbons (Fsp3) is 0.381. The molecule has 5 nitrogen and oxygen atoms in total. The van der Waals surface area contributed by atoms with Crippen molar-refractivity contribution in [3.05, 3.63) is 65.5 Å². The van der Waals surface area contributed by atoms with Gasteiger partial charge in [0, 0.05) is 19.0 Å². The molecule has 0 spiro atoms. The second-order valence-electron chi connectivity index (χ2n) is 6.77. The zero-order valence-electron chi connectivity index (χ0n) is 16.4. The van der Waals surface area contributed by atoms with Crippen LogP contribution in [0.1, 0.15) is 37.8 Å². The number of carbonyl (C=O) groups is 1. The Labute approximate surface area is 166 Å². The summed E-state index contributed by atoms with van der Waals surface area (Å²) in [6.07, 6.45) is 2.48. The van der Waals surface area contributed by atoms with E-state index in [1.807, 2.05) is 13.8 Å². The Morgan fingerprint density at radius 1 is 0.964 bits per heavy atom. The molecule has 0 aliphatic carbocycles. The minimum absolute atomic E-state index is 0.0470. The summed E-state index contributed by atoms with van der Waals surface area (Å²) in [7, 11) is -3.58. The average Bonchev–Trinajstić information content (AvgIpc) is 2.64. The van der Waals surface area contributed by atoms with Gasteiger partial charge in [-0.25, -0.2) is 4.39 Å². The monoisotopic (exact) mass is 407 g/mol. The second-order valence-corrected chi connectivity index (χ2v) is 8.34. The van der Waals surface area contributed by atoms with Crippen LogP contribution in [0.5, 0.6) is 5.75 Å². The molecule has 0 unspecified atom stereocenters. The van der Waals surface area contributed by atoms with Crippen molar-refractivity contribution in [2.75, 3.05) is 6.26 Å². The second kappa shape index (κ2) is 9.68. The first kappa shape index (κ1) is 21.9. The Morgan fingerprint density at radius 3 is 1.86 bits per heavy atom. The maximum atomic E-state index is 13.2. The number of halogens is 1. The largest absolute Gasteiger partial charge is 0.383 e. The Bertz CT molecular complexity index is 876. The van der Waals surface area contributed by atoms with E-state index >= 15 is 0 Å². The molecule has 0 N–H and O–H groups in total. The van der Waals surface area contributed by atoms with Crippen LogP contribution in [0.15, 0.2) is 48.5 Å². The van der Waals surface area contributed by atoms with Crippen molar-refractivity contribution in [3.63, 3.8) is 0 Å². The molecule has 0 radical (unpaired) electrons. The smallest absolute Gasteiger partial charge is 0.306 e. The summed E-state index contributed by atoms with van der Waals surface area (Å²) in [6.45, 7) is 4.71. The number of hydrogen-bond donors (Lipinski definition) is 0. The first-order chi connectivity index (χ1) is 13.2. The molecule has 0 aliphatic heterocycles. The molecular formula is C21H26FNO4S. The van der Waals surface area contributed by atoms with Crippen molar-refractivity contribution in [2.45, 2.75) is 39.8 Å². The van der Waals surface area contributed by atoms with Crippen LogP contribution in [-0.2, 0) is 28.0 Å². The Morgan fingerprint density at radius 2 is 1.43 bits per heavy atom. The van der Waals surface area contributed by atoms with Gasteiger partial charge in [-0.3, -0.25) is 4.79 Å². The molecule has 0 aromatic heterocycles. The fourth-order valence-corrected chi connectivity index (χ4v) is 3.42. The third-order valence-corrected chi connectivity index (χ3v) is 4.97. The number of carbonyl (C=O) groups excluding carboxylic acids is 1. The third kappa shape index (κ3) is 6.64. The molecule has 2 aromatic rings. The van der Waals surface area contributed by atoms with Crippen LogP contribution < -0.4 is 4.18 Å². The molecule has 2 aromatic carbocycles. The SMILES string of the molecule is CCC(CC)C(=O)N(Cc1ccc(F)cc1)Cc1ccc(OS(C)(=O)=O)cc1. The van der Waals surface area contributed by atoms with Crippen LogP contribution in [0.2, 0.25) is 0 Å². The topological polar surface area (TPSA) is 63.7 Å². The molecule has 0 saturated heterocycles. The maximum Gasteiger partial charge on any atom is 0.306 e. The first-order valence-corrected chi connectivity index (χ1v) is 11.0. The molecule has 0 heterocycles. The molecule has 7 heteroatoms. The van der Waals surface area contributed by atoms with Gasteiger partial charge in [-0.15, -0.1) is 0 Å². The van der Waals surface area contributed by atoms with Crippen LogP contribution in [0.3, 0.4) is 0 Å². The van der Waals surface area contributed by atoms with Crippen LogP contribution >= 0.6 is 0 Å². The molecule has 0 atom stereocenters. The van der Waals surface area contributed by atoms with Crippen molar-refractivity contribution in [2.24, 2.45) is 5.92 Å².